The van der Waals surface area contributed by atoms with Crippen molar-refractivity contribution in [2.45, 2.75) is 24.3 Å². The van der Waals surface area contributed by atoms with Crippen LogP contribution in [0, 0.1) is 5.82 Å². The Kier molecular flexibility index (Phi) is 5.89. The molecule has 148 valence electrons. The van der Waals surface area contributed by atoms with Gasteiger partial charge >= 0.3 is 5.63 Å². The summed E-state index contributed by atoms with van der Waals surface area (Å²) in [6.07, 6.45) is 2.13. The molecule has 4 rings (SSSR count). The minimum absolute atomic E-state index is 0.327. The summed E-state index contributed by atoms with van der Waals surface area (Å²) >= 11 is 2.94. The molecule has 0 aliphatic carbocycles. The molecule has 0 bridgehead atoms. The van der Waals surface area contributed by atoms with Gasteiger partial charge in [-0.3, -0.25) is 4.99 Å². The standard InChI is InChI=1S/C22H18FNO3S2/c1-2-18(25)20-9-10-24-22(29-20)28-15-7-8-16-17(12-21(26)27-19(16)11-15)13-3-5-14(23)6-4-13/h3-9,11-12,18,25H,2,10H2,1H3. The Labute approximate surface area is 175 Å². The van der Waals surface area contributed by atoms with Crippen molar-refractivity contribution in [2.75, 3.05) is 6.54 Å². The number of hydrogen-bond acceptors (Lipinski definition) is 6. The molecule has 0 saturated carbocycles. The van der Waals surface area contributed by atoms with E-state index in [1.165, 1.54) is 41.7 Å². The third kappa shape index (κ3) is 4.47. The summed E-state index contributed by atoms with van der Waals surface area (Å²) in [5.74, 6) is -0.327. The zero-order chi connectivity index (χ0) is 20.4. The second kappa shape index (κ2) is 8.57. The van der Waals surface area contributed by atoms with E-state index in [-0.39, 0.29) is 5.82 Å². The van der Waals surface area contributed by atoms with Gasteiger partial charge in [-0.05, 0) is 47.9 Å². The summed E-state index contributed by atoms with van der Waals surface area (Å²) in [7, 11) is 0. The van der Waals surface area contributed by atoms with Gasteiger partial charge in [-0.2, -0.15) is 0 Å². The number of hydrogen-bond donors (Lipinski definition) is 1. The molecule has 7 heteroatoms. The number of halogens is 1. The number of rotatable bonds is 4. The van der Waals surface area contributed by atoms with E-state index in [2.05, 4.69) is 4.99 Å². The van der Waals surface area contributed by atoms with Crippen LogP contribution in [-0.2, 0) is 0 Å². The van der Waals surface area contributed by atoms with Gasteiger partial charge < -0.3 is 9.52 Å². The molecule has 3 aromatic rings. The van der Waals surface area contributed by atoms with Crippen LogP contribution in [-0.4, -0.2) is 22.1 Å². The minimum atomic E-state index is -0.473. The fourth-order valence-electron chi connectivity index (χ4n) is 3.02. The van der Waals surface area contributed by atoms with Crippen LogP contribution in [0.4, 0.5) is 4.39 Å². The fraction of sp³-hybridized carbons (Fsp3) is 0.182. The maximum Gasteiger partial charge on any atom is 0.336 e. The van der Waals surface area contributed by atoms with Crippen LogP contribution in [0.25, 0.3) is 22.1 Å². The van der Waals surface area contributed by atoms with Crippen LogP contribution in [0.3, 0.4) is 0 Å². The van der Waals surface area contributed by atoms with Gasteiger partial charge in [0.2, 0.25) is 0 Å². The van der Waals surface area contributed by atoms with E-state index in [1.807, 2.05) is 31.2 Å². The lowest BCUT2D eigenvalue weighted by Gasteiger charge is -2.17. The van der Waals surface area contributed by atoms with E-state index in [1.54, 1.807) is 12.1 Å². The Morgan fingerprint density at radius 1 is 1.24 bits per heavy atom. The van der Waals surface area contributed by atoms with E-state index in [0.29, 0.717) is 24.1 Å². The zero-order valence-corrected chi connectivity index (χ0v) is 17.2. The second-order valence-corrected chi connectivity index (χ2v) is 8.87. The van der Waals surface area contributed by atoms with E-state index >= 15 is 0 Å². The predicted molar refractivity (Wildman–Crippen MR) is 118 cm³/mol. The Morgan fingerprint density at radius 3 is 2.79 bits per heavy atom. The summed E-state index contributed by atoms with van der Waals surface area (Å²) in [6, 6.07) is 13.1. The maximum absolute atomic E-state index is 13.3. The number of nitrogens with zero attached hydrogens (tertiary/aromatic N) is 1. The van der Waals surface area contributed by atoms with E-state index in [0.717, 1.165) is 25.1 Å². The summed E-state index contributed by atoms with van der Waals surface area (Å²) in [5, 5.41) is 10.8. The first kappa shape index (κ1) is 19.9. The van der Waals surface area contributed by atoms with Gasteiger partial charge in [0.15, 0.2) is 0 Å². The molecule has 0 radical (unpaired) electrons. The molecular weight excluding hydrogens is 409 g/mol. The van der Waals surface area contributed by atoms with E-state index in [9.17, 15) is 14.3 Å². The Morgan fingerprint density at radius 2 is 2.03 bits per heavy atom. The summed E-state index contributed by atoms with van der Waals surface area (Å²) in [6.45, 7) is 2.48. The Hall–Kier alpha value is -2.35. The smallest absolute Gasteiger partial charge is 0.336 e. The van der Waals surface area contributed by atoms with Crippen molar-refractivity contribution < 1.29 is 13.9 Å². The van der Waals surface area contributed by atoms with Crippen LogP contribution >= 0.6 is 23.5 Å². The molecule has 0 amide bonds. The average Bonchev–Trinajstić information content (AvgIpc) is 2.73. The molecule has 1 unspecified atom stereocenters. The van der Waals surface area contributed by atoms with E-state index in [4.69, 9.17) is 4.42 Å². The molecule has 1 aromatic heterocycles. The monoisotopic (exact) mass is 427 g/mol. The van der Waals surface area contributed by atoms with Crippen molar-refractivity contribution in [1.82, 2.24) is 0 Å². The highest BCUT2D eigenvalue weighted by Gasteiger charge is 2.17. The van der Waals surface area contributed by atoms with Gasteiger partial charge in [-0.1, -0.05) is 48.7 Å². The van der Waals surface area contributed by atoms with Crippen LogP contribution in [0.15, 0.2) is 78.6 Å². The van der Waals surface area contributed by atoms with Gasteiger partial charge in [0.05, 0.1) is 12.6 Å². The molecule has 4 nitrogen and oxygen atoms in total. The van der Waals surface area contributed by atoms with Crippen molar-refractivity contribution in [1.29, 1.82) is 0 Å². The van der Waals surface area contributed by atoms with Crippen molar-refractivity contribution in [3.8, 4) is 11.1 Å². The van der Waals surface area contributed by atoms with Crippen LogP contribution in [0.5, 0.6) is 0 Å². The van der Waals surface area contributed by atoms with Crippen molar-refractivity contribution in [2.24, 2.45) is 4.99 Å². The highest BCUT2D eigenvalue weighted by molar-refractivity contribution is 8.40. The SMILES string of the molecule is CCC(O)C1=CCN=C(Sc2ccc3c(-c4ccc(F)cc4)cc(=O)oc3c2)S1. The van der Waals surface area contributed by atoms with Gasteiger partial charge in [-0.15, -0.1) is 0 Å². The van der Waals surface area contributed by atoms with Crippen molar-refractivity contribution in [3.05, 3.63) is 75.7 Å². The fourth-order valence-corrected chi connectivity index (χ4v) is 5.21. The molecule has 1 aliphatic rings. The summed E-state index contributed by atoms with van der Waals surface area (Å²) in [5.41, 5.74) is 1.46. The summed E-state index contributed by atoms with van der Waals surface area (Å²) in [4.78, 5) is 18.4. The highest BCUT2D eigenvalue weighted by Crippen LogP contribution is 2.36. The topological polar surface area (TPSA) is 62.8 Å². The quantitative estimate of drug-likeness (QED) is 0.561. The van der Waals surface area contributed by atoms with Gasteiger partial charge in [0.1, 0.15) is 15.8 Å². The lowest BCUT2D eigenvalue weighted by molar-refractivity contribution is 0.215. The maximum atomic E-state index is 13.3. The molecule has 2 aromatic carbocycles. The Bertz CT molecular complexity index is 1170. The number of aliphatic hydroxyl groups excluding tert-OH is 1. The molecule has 2 heterocycles. The van der Waals surface area contributed by atoms with Gasteiger partial charge in [-0.25, -0.2) is 9.18 Å². The molecule has 0 spiro atoms. The number of aliphatic imine (C=N–C) groups is 1. The average molecular weight is 428 g/mol. The Balaban J connectivity index is 1.64. The van der Waals surface area contributed by atoms with E-state index < -0.39 is 11.7 Å². The van der Waals surface area contributed by atoms with Crippen LogP contribution in [0.2, 0.25) is 0 Å². The largest absolute Gasteiger partial charge is 0.423 e. The molecule has 1 atom stereocenters. The lowest BCUT2D eigenvalue weighted by atomic mass is 10.0. The second-order valence-electron chi connectivity index (χ2n) is 6.49. The van der Waals surface area contributed by atoms with Gasteiger partial charge in [0, 0.05) is 21.3 Å². The predicted octanol–water partition coefficient (Wildman–Crippen LogP) is 5.45. The molecule has 0 saturated heterocycles. The molecule has 0 fully saturated rings. The molecule has 1 aliphatic heterocycles. The first-order chi connectivity index (χ1) is 14.0. The number of aliphatic hydroxyl groups is 1. The normalized spacial score (nSPS) is 15.1. The number of benzene rings is 2. The molecule has 1 N–H and O–H groups in total. The summed E-state index contributed by atoms with van der Waals surface area (Å²) < 4.78 is 19.5. The lowest BCUT2D eigenvalue weighted by Crippen LogP contribution is -2.10. The third-order valence-corrected chi connectivity index (χ3v) is 6.78. The highest BCUT2D eigenvalue weighted by atomic mass is 32.2. The number of fused-ring (bicyclic) bond motifs is 1. The van der Waals surface area contributed by atoms with Gasteiger partial charge in [0.25, 0.3) is 0 Å². The first-order valence-corrected chi connectivity index (χ1v) is 10.8. The van der Waals surface area contributed by atoms with Crippen LogP contribution < -0.4 is 5.63 Å². The van der Waals surface area contributed by atoms with Crippen molar-refractivity contribution >= 4 is 38.9 Å². The third-order valence-electron chi connectivity index (χ3n) is 4.51. The number of thioether (sulfide) groups is 2. The first-order valence-electron chi connectivity index (χ1n) is 9.15. The zero-order valence-electron chi connectivity index (χ0n) is 15.6. The molecular formula is C22H18FNO3S2. The minimum Gasteiger partial charge on any atom is -0.423 e. The van der Waals surface area contributed by atoms with Crippen molar-refractivity contribution in [3.63, 3.8) is 0 Å². The molecule has 29 heavy (non-hydrogen) atoms. The van der Waals surface area contributed by atoms with Crippen LogP contribution in [0.1, 0.15) is 13.3 Å².